The molecule has 0 bridgehead atoms. The van der Waals surface area contributed by atoms with Crippen molar-refractivity contribution >= 4 is 22.7 Å². The van der Waals surface area contributed by atoms with Crippen LogP contribution in [0.15, 0.2) is 36.9 Å². The predicted molar refractivity (Wildman–Crippen MR) is 93.5 cm³/mol. The van der Waals surface area contributed by atoms with Crippen LogP contribution in [-0.2, 0) is 0 Å². The zero-order chi connectivity index (χ0) is 16.4. The molecule has 1 aliphatic rings. The zero-order valence-corrected chi connectivity index (χ0v) is 13.6. The molecule has 7 heteroatoms. The summed E-state index contributed by atoms with van der Waals surface area (Å²) in [6.07, 6.45) is 5.41. The van der Waals surface area contributed by atoms with Gasteiger partial charge in [0.2, 0.25) is 0 Å². The lowest BCUT2D eigenvalue weighted by Crippen LogP contribution is -2.42. The minimum Gasteiger partial charge on any atom is -0.495 e. The van der Waals surface area contributed by atoms with Gasteiger partial charge < -0.3 is 19.9 Å². The van der Waals surface area contributed by atoms with Gasteiger partial charge in [0.1, 0.15) is 17.6 Å². The van der Waals surface area contributed by atoms with E-state index in [9.17, 15) is 0 Å². The first-order valence-corrected chi connectivity index (χ1v) is 8.14. The van der Waals surface area contributed by atoms with Crippen molar-refractivity contribution in [1.29, 1.82) is 0 Å². The summed E-state index contributed by atoms with van der Waals surface area (Å²) in [5, 5.41) is 3.54. The SMILES string of the molecule is COc1ccccc1N1CCC[C@H](Nc2ncnc3nc[nH]c23)C1. The standard InChI is InChI=1S/C17H20N6O/c1-24-14-7-3-2-6-13(14)23-8-4-5-12(9-23)22-17-15-16(19-10-18-15)20-11-21-17/h2-3,6-7,10-12H,4-5,8-9H2,1H3,(H2,18,19,20,21,22)/t12-/m0/s1. The molecule has 4 rings (SSSR count). The number of nitrogens with one attached hydrogen (secondary N) is 2. The lowest BCUT2D eigenvalue weighted by molar-refractivity contribution is 0.411. The Kier molecular flexibility index (Phi) is 3.90. The first-order valence-electron chi connectivity index (χ1n) is 8.14. The number of hydrogen-bond donors (Lipinski definition) is 2. The summed E-state index contributed by atoms with van der Waals surface area (Å²) in [6.45, 7) is 1.93. The van der Waals surface area contributed by atoms with E-state index in [1.807, 2.05) is 18.2 Å². The van der Waals surface area contributed by atoms with Gasteiger partial charge in [0.05, 0.1) is 19.1 Å². The quantitative estimate of drug-likeness (QED) is 0.767. The topological polar surface area (TPSA) is 79.0 Å². The van der Waals surface area contributed by atoms with Crippen molar-refractivity contribution in [1.82, 2.24) is 19.9 Å². The summed E-state index contributed by atoms with van der Waals surface area (Å²) in [4.78, 5) is 18.2. The number of aromatic nitrogens is 4. The molecule has 2 aromatic heterocycles. The van der Waals surface area contributed by atoms with Crippen molar-refractivity contribution in [2.24, 2.45) is 0 Å². The molecule has 124 valence electrons. The average Bonchev–Trinajstić information content (AvgIpc) is 3.12. The van der Waals surface area contributed by atoms with Gasteiger partial charge in [-0.05, 0) is 25.0 Å². The van der Waals surface area contributed by atoms with Crippen molar-refractivity contribution in [2.45, 2.75) is 18.9 Å². The third kappa shape index (κ3) is 2.73. The van der Waals surface area contributed by atoms with Gasteiger partial charge in [0.15, 0.2) is 11.5 Å². The molecule has 24 heavy (non-hydrogen) atoms. The number of hydrogen-bond acceptors (Lipinski definition) is 6. The fraction of sp³-hybridized carbons (Fsp3) is 0.353. The summed E-state index contributed by atoms with van der Waals surface area (Å²) < 4.78 is 5.50. The van der Waals surface area contributed by atoms with Crippen LogP contribution in [0.4, 0.5) is 11.5 Å². The second-order valence-corrected chi connectivity index (χ2v) is 5.92. The molecule has 0 unspecified atom stereocenters. The Bertz CT molecular complexity index is 833. The number of H-pyrrole nitrogens is 1. The van der Waals surface area contributed by atoms with Crippen molar-refractivity contribution in [3.8, 4) is 5.75 Å². The molecule has 1 atom stereocenters. The van der Waals surface area contributed by atoms with E-state index in [2.05, 4.69) is 36.2 Å². The fourth-order valence-electron chi connectivity index (χ4n) is 3.27. The summed E-state index contributed by atoms with van der Waals surface area (Å²) >= 11 is 0. The van der Waals surface area contributed by atoms with E-state index in [-0.39, 0.29) is 0 Å². The van der Waals surface area contributed by atoms with Crippen molar-refractivity contribution in [3.05, 3.63) is 36.9 Å². The number of fused-ring (bicyclic) bond motifs is 1. The Labute approximate surface area is 140 Å². The molecule has 1 aromatic carbocycles. The maximum Gasteiger partial charge on any atom is 0.182 e. The number of nitrogens with zero attached hydrogens (tertiary/aromatic N) is 4. The van der Waals surface area contributed by atoms with Crippen LogP contribution < -0.4 is 15.0 Å². The summed E-state index contributed by atoms with van der Waals surface area (Å²) in [5.74, 6) is 1.72. The number of methoxy groups -OCH3 is 1. The Hall–Kier alpha value is -2.83. The maximum absolute atomic E-state index is 5.50. The average molecular weight is 324 g/mol. The highest BCUT2D eigenvalue weighted by Gasteiger charge is 2.23. The molecule has 3 aromatic rings. The highest BCUT2D eigenvalue weighted by Crippen LogP contribution is 2.30. The Balaban J connectivity index is 1.54. The van der Waals surface area contributed by atoms with Gasteiger partial charge in [-0.3, -0.25) is 0 Å². The van der Waals surface area contributed by atoms with Crippen LogP contribution >= 0.6 is 0 Å². The van der Waals surface area contributed by atoms with Crippen molar-refractivity contribution in [3.63, 3.8) is 0 Å². The molecule has 1 aliphatic heterocycles. The third-order valence-electron chi connectivity index (χ3n) is 4.41. The van der Waals surface area contributed by atoms with Crippen molar-refractivity contribution < 1.29 is 4.74 Å². The van der Waals surface area contributed by atoms with Crippen LogP contribution in [0, 0.1) is 0 Å². The molecule has 7 nitrogen and oxygen atoms in total. The molecule has 2 N–H and O–H groups in total. The van der Waals surface area contributed by atoms with Gasteiger partial charge in [-0.15, -0.1) is 0 Å². The number of piperidine rings is 1. The molecular weight excluding hydrogens is 304 g/mol. The number of para-hydroxylation sites is 2. The number of aromatic amines is 1. The number of ether oxygens (including phenoxy) is 1. The lowest BCUT2D eigenvalue weighted by atomic mass is 10.0. The molecule has 1 saturated heterocycles. The van der Waals surface area contributed by atoms with E-state index in [0.717, 1.165) is 48.7 Å². The van der Waals surface area contributed by atoms with Gasteiger partial charge in [-0.1, -0.05) is 12.1 Å². The van der Waals surface area contributed by atoms with E-state index in [1.54, 1.807) is 19.8 Å². The highest BCUT2D eigenvalue weighted by atomic mass is 16.5. The van der Waals surface area contributed by atoms with Crippen LogP contribution in [0.2, 0.25) is 0 Å². The molecule has 0 amide bonds. The molecule has 1 fully saturated rings. The minimum atomic E-state index is 0.310. The Morgan fingerprint density at radius 3 is 3.08 bits per heavy atom. The maximum atomic E-state index is 5.50. The van der Waals surface area contributed by atoms with Gasteiger partial charge in [-0.2, -0.15) is 0 Å². The van der Waals surface area contributed by atoms with E-state index < -0.39 is 0 Å². The second kappa shape index (κ2) is 6.35. The molecule has 0 radical (unpaired) electrons. The highest BCUT2D eigenvalue weighted by molar-refractivity contribution is 5.82. The van der Waals surface area contributed by atoms with Gasteiger partial charge >= 0.3 is 0 Å². The number of imidazole rings is 1. The number of rotatable bonds is 4. The smallest absolute Gasteiger partial charge is 0.182 e. The first kappa shape index (κ1) is 14.7. The first-order chi connectivity index (χ1) is 11.8. The van der Waals surface area contributed by atoms with E-state index in [1.165, 1.54) is 0 Å². The van der Waals surface area contributed by atoms with Gasteiger partial charge in [-0.25, -0.2) is 15.0 Å². The van der Waals surface area contributed by atoms with Crippen molar-refractivity contribution in [2.75, 3.05) is 30.4 Å². The normalized spacial score (nSPS) is 17.9. The van der Waals surface area contributed by atoms with Gasteiger partial charge in [0, 0.05) is 19.1 Å². The predicted octanol–water partition coefficient (Wildman–Crippen LogP) is 2.44. The van der Waals surface area contributed by atoms with Crippen LogP contribution in [0.5, 0.6) is 5.75 Å². The molecule has 0 aliphatic carbocycles. The Morgan fingerprint density at radius 2 is 2.17 bits per heavy atom. The van der Waals surface area contributed by atoms with Gasteiger partial charge in [0.25, 0.3) is 0 Å². The van der Waals surface area contributed by atoms with Crippen LogP contribution in [-0.4, -0.2) is 46.2 Å². The molecule has 0 spiro atoms. The monoisotopic (exact) mass is 324 g/mol. The Morgan fingerprint density at radius 1 is 1.25 bits per heavy atom. The zero-order valence-electron chi connectivity index (χ0n) is 13.6. The van der Waals surface area contributed by atoms with E-state index in [4.69, 9.17) is 4.74 Å². The second-order valence-electron chi connectivity index (χ2n) is 5.92. The molecule has 3 heterocycles. The van der Waals surface area contributed by atoms with Crippen LogP contribution in [0.1, 0.15) is 12.8 Å². The third-order valence-corrected chi connectivity index (χ3v) is 4.41. The van der Waals surface area contributed by atoms with E-state index in [0.29, 0.717) is 11.7 Å². The minimum absolute atomic E-state index is 0.310. The van der Waals surface area contributed by atoms with Crippen LogP contribution in [0.3, 0.4) is 0 Å². The summed E-state index contributed by atoms with van der Waals surface area (Å²) in [6, 6.07) is 8.47. The van der Waals surface area contributed by atoms with Crippen LogP contribution in [0.25, 0.3) is 11.2 Å². The number of benzene rings is 1. The summed E-state index contributed by atoms with van der Waals surface area (Å²) in [5.41, 5.74) is 2.68. The lowest BCUT2D eigenvalue weighted by Gasteiger charge is -2.35. The fourth-order valence-corrected chi connectivity index (χ4v) is 3.27. The molecular formula is C17H20N6O. The number of anilines is 2. The van der Waals surface area contributed by atoms with E-state index >= 15 is 0 Å². The molecule has 0 saturated carbocycles. The largest absolute Gasteiger partial charge is 0.495 e. The summed E-state index contributed by atoms with van der Waals surface area (Å²) in [7, 11) is 1.72.